The Morgan fingerprint density at radius 3 is 2.32 bits per heavy atom. The monoisotopic (exact) mass is 318 g/mol. The van der Waals surface area contributed by atoms with Gasteiger partial charge in [-0.05, 0) is 12.8 Å². The lowest BCUT2D eigenvalue weighted by Gasteiger charge is -2.28. The summed E-state index contributed by atoms with van der Waals surface area (Å²) in [5.74, 6) is -1.64. The van der Waals surface area contributed by atoms with Crippen molar-refractivity contribution in [2.45, 2.75) is 31.4 Å². The summed E-state index contributed by atoms with van der Waals surface area (Å²) >= 11 is 0. The van der Waals surface area contributed by atoms with Crippen LogP contribution >= 0.6 is 0 Å². The Bertz CT molecular complexity index is 402. The minimum Gasteiger partial charge on any atom is -0.481 e. The van der Waals surface area contributed by atoms with Crippen molar-refractivity contribution >= 4 is 17.9 Å². The molecule has 0 aliphatic rings. The van der Waals surface area contributed by atoms with Crippen LogP contribution < -0.4 is 17.2 Å². The van der Waals surface area contributed by atoms with Gasteiger partial charge in [0.1, 0.15) is 12.6 Å². The largest absolute Gasteiger partial charge is 0.481 e. The summed E-state index contributed by atoms with van der Waals surface area (Å²) < 4.78 is 5.71. The number of carbonyl (C=O) groups is 2. The fourth-order valence-electron chi connectivity index (χ4n) is 1.84. The zero-order valence-electron chi connectivity index (χ0n) is 13.5. The van der Waals surface area contributed by atoms with Crippen LogP contribution in [0, 0.1) is 0 Å². The first-order valence-electron chi connectivity index (χ1n) is 7.05. The first-order valence-corrected chi connectivity index (χ1v) is 7.05. The van der Waals surface area contributed by atoms with Crippen LogP contribution in [0.1, 0.15) is 19.3 Å². The van der Waals surface area contributed by atoms with Crippen LogP contribution in [-0.4, -0.2) is 73.9 Å². The van der Waals surface area contributed by atoms with Gasteiger partial charge < -0.3 is 31.5 Å². The van der Waals surface area contributed by atoms with Gasteiger partial charge in [-0.1, -0.05) is 0 Å². The third-order valence-electron chi connectivity index (χ3n) is 2.71. The number of hydrogen-bond donors (Lipinski definition) is 4. The number of aliphatic carboxylic acids is 1. The fourth-order valence-corrected chi connectivity index (χ4v) is 1.84. The number of quaternary nitrogens is 1. The fraction of sp³-hybridized carbons (Fsp3) is 0.769. The maximum absolute atomic E-state index is 11.9. The zero-order chi connectivity index (χ0) is 17.3. The van der Waals surface area contributed by atoms with E-state index in [1.165, 1.54) is 0 Å². The number of likely N-dealkylation sites (N-methyl/N-ethyl adjacent to an activating group) is 1. The van der Waals surface area contributed by atoms with Gasteiger partial charge in [0, 0.05) is 6.54 Å². The smallest absolute Gasteiger partial charge is 0.323 e. The Hall–Kier alpha value is -1.87. The molecule has 0 rings (SSSR count). The summed E-state index contributed by atoms with van der Waals surface area (Å²) in [6.45, 7) is 0.763. The number of rotatable bonds is 10. The molecular formula is C13H28N5O4+. The van der Waals surface area contributed by atoms with Crippen molar-refractivity contribution in [3.8, 4) is 0 Å². The molecule has 0 saturated heterocycles. The number of carbonyl (C=O) groups excluding carboxylic acids is 1. The van der Waals surface area contributed by atoms with E-state index in [0.29, 0.717) is 30.4 Å². The summed E-state index contributed by atoms with van der Waals surface area (Å²) in [6.07, 6.45) is -0.0664. The normalized spacial score (nSPS) is 14.0. The average Bonchev–Trinajstić information content (AvgIpc) is 2.30. The van der Waals surface area contributed by atoms with Crippen molar-refractivity contribution in [1.82, 2.24) is 0 Å². The molecule has 0 aromatic heterocycles. The minimum absolute atomic E-state index is 0.0133. The van der Waals surface area contributed by atoms with Crippen LogP contribution in [-0.2, 0) is 14.3 Å². The maximum Gasteiger partial charge on any atom is 0.323 e. The highest BCUT2D eigenvalue weighted by molar-refractivity contribution is 5.76. The van der Waals surface area contributed by atoms with Crippen molar-refractivity contribution in [2.75, 3.05) is 34.2 Å². The van der Waals surface area contributed by atoms with E-state index >= 15 is 0 Å². The lowest BCUT2D eigenvalue weighted by Crippen LogP contribution is -2.45. The molecule has 128 valence electrons. The van der Waals surface area contributed by atoms with E-state index in [1.807, 2.05) is 21.1 Å². The zero-order valence-corrected chi connectivity index (χ0v) is 13.5. The van der Waals surface area contributed by atoms with Gasteiger partial charge in [-0.15, -0.1) is 0 Å². The van der Waals surface area contributed by atoms with Gasteiger partial charge in [0.25, 0.3) is 0 Å². The molecule has 0 bridgehead atoms. The summed E-state index contributed by atoms with van der Waals surface area (Å²) in [5, 5.41) is 8.89. The molecule has 9 heteroatoms. The second kappa shape index (κ2) is 9.21. The Labute approximate surface area is 130 Å². The van der Waals surface area contributed by atoms with E-state index in [2.05, 4.69) is 4.99 Å². The summed E-state index contributed by atoms with van der Waals surface area (Å²) in [4.78, 5) is 26.6. The molecule has 0 aliphatic heterocycles. The number of ether oxygens (including phenoxy) is 1. The van der Waals surface area contributed by atoms with Crippen molar-refractivity contribution < 1.29 is 23.9 Å². The molecule has 0 aliphatic carbocycles. The highest BCUT2D eigenvalue weighted by Crippen LogP contribution is 2.08. The van der Waals surface area contributed by atoms with Crippen LogP contribution in [0.5, 0.6) is 0 Å². The predicted octanol–water partition coefficient (Wildman–Crippen LogP) is -1.54. The molecular weight excluding hydrogens is 290 g/mol. The van der Waals surface area contributed by atoms with E-state index in [0.717, 1.165) is 0 Å². The van der Waals surface area contributed by atoms with E-state index in [4.69, 9.17) is 27.0 Å². The lowest BCUT2D eigenvalue weighted by atomic mass is 10.1. The number of esters is 1. The van der Waals surface area contributed by atoms with Gasteiger partial charge in [0.2, 0.25) is 0 Å². The van der Waals surface area contributed by atoms with Crippen molar-refractivity contribution in [3.63, 3.8) is 0 Å². The van der Waals surface area contributed by atoms with E-state index < -0.39 is 24.1 Å². The topological polar surface area (TPSA) is 154 Å². The Kier molecular flexibility index (Phi) is 8.43. The van der Waals surface area contributed by atoms with Crippen molar-refractivity contribution in [2.24, 2.45) is 22.2 Å². The molecule has 22 heavy (non-hydrogen) atoms. The molecule has 2 atom stereocenters. The van der Waals surface area contributed by atoms with Gasteiger partial charge in [-0.2, -0.15) is 0 Å². The van der Waals surface area contributed by atoms with Crippen molar-refractivity contribution in [3.05, 3.63) is 0 Å². The standard InChI is InChI=1S/C13H27N5O4/c1-18(2,3)8-9(7-11(19)20)22-12(21)10(14)5-4-6-17-13(15)16/h9-10H,4-8,14H2,1-3H3,(H4-,15,16,17,19,20)/p+1/t9?,10-/m0/s1. The summed E-state index contributed by atoms with van der Waals surface area (Å²) in [7, 11) is 5.66. The highest BCUT2D eigenvalue weighted by Gasteiger charge is 2.26. The Morgan fingerprint density at radius 2 is 1.86 bits per heavy atom. The quantitative estimate of drug-likeness (QED) is 0.125. The molecule has 9 nitrogen and oxygen atoms in total. The molecule has 0 saturated carbocycles. The lowest BCUT2D eigenvalue weighted by molar-refractivity contribution is -0.873. The minimum atomic E-state index is -1.02. The third-order valence-corrected chi connectivity index (χ3v) is 2.71. The van der Waals surface area contributed by atoms with Gasteiger partial charge in [0.05, 0.1) is 27.6 Å². The Balaban J connectivity index is 4.41. The first kappa shape index (κ1) is 20.1. The van der Waals surface area contributed by atoms with Crippen LogP contribution in [0.4, 0.5) is 0 Å². The number of guanidine groups is 1. The van der Waals surface area contributed by atoms with Gasteiger partial charge in [-0.3, -0.25) is 14.6 Å². The van der Waals surface area contributed by atoms with Gasteiger partial charge in [-0.25, -0.2) is 0 Å². The second-order valence-electron chi connectivity index (χ2n) is 6.18. The van der Waals surface area contributed by atoms with Crippen LogP contribution in [0.25, 0.3) is 0 Å². The number of hydrogen-bond acceptors (Lipinski definition) is 5. The number of nitrogens with two attached hydrogens (primary N) is 3. The van der Waals surface area contributed by atoms with Crippen LogP contribution in [0.15, 0.2) is 4.99 Å². The predicted molar refractivity (Wildman–Crippen MR) is 82.9 cm³/mol. The number of carboxylic acids is 1. The summed E-state index contributed by atoms with van der Waals surface area (Å²) in [6, 6.07) is -0.821. The molecule has 0 aromatic carbocycles. The van der Waals surface area contributed by atoms with Crippen LogP contribution in [0.3, 0.4) is 0 Å². The second-order valence-corrected chi connectivity index (χ2v) is 6.18. The van der Waals surface area contributed by atoms with Gasteiger partial charge in [0.15, 0.2) is 12.1 Å². The molecule has 0 radical (unpaired) electrons. The Morgan fingerprint density at radius 1 is 1.27 bits per heavy atom. The molecule has 0 spiro atoms. The molecule has 0 fully saturated rings. The maximum atomic E-state index is 11.9. The van der Waals surface area contributed by atoms with E-state index in [-0.39, 0.29) is 12.4 Å². The molecule has 0 amide bonds. The molecule has 7 N–H and O–H groups in total. The van der Waals surface area contributed by atoms with Crippen LogP contribution in [0.2, 0.25) is 0 Å². The van der Waals surface area contributed by atoms with Crippen molar-refractivity contribution in [1.29, 1.82) is 0 Å². The van der Waals surface area contributed by atoms with Gasteiger partial charge >= 0.3 is 11.9 Å². The van der Waals surface area contributed by atoms with E-state index in [1.54, 1.807) is 0 Å². The number of nitrogens with zero attached hydrogens (tertiary/aromatic N) is 2. The molecule has 0 heterocycles. The number of aliphatic imine (C=N–C) groups is 1. The number of carboxylic acid groups (broad SMARTS) is 1. The first-order chi connectivity index (χ1) is 10.0. The molecule has 0 aromatic rings. The van der Waals surface area contributed by atoms with E-state index in [9.17, 15) is 9.59 Å². The summed E-state index contributed by atoms with van der Waals surface area (Å²) in [5.41, 5.74) is 16.1. The molecule has 1 unspecified atom stereocenters. The SMILES string of the molecule is C[N+](C)(C)CC(CC(=O)O)OC(=O)[C@@H](N)CCCN=C(N)N. The third kappa shape index (κ3) is 10.9. The highest BCUT2D eigenvalue weighted by atomic mass is 16.5. The average molecular weight is 318 g/mol.